The summed E-state index contributed by atoms with van der Waals surface area (Å²) in [4.78, 5) is 13.7. The van der Waals surface area contributed by atoms with Crippen molar-refractivity contribution in [3.63, 3.8) is 0 Å². The summed E-state index contributed by atoms with van der Waals surface area (Å²) in [5.41, 5.74) is 0. The van der Waals surface area contributed by atoms with Gasteiger partial charge in [-0.1, -0.05) is 0 Å². The Labute approximate surface area is 159 Å². The summed E-state index contributed by atoms with van der Waals surface area (Å²) in [5, 5.41) is 49.6. The second kappa shape index (κ2) is 8.45. The Bertz CT molecular complexity index is 539. The van der Waals surface area contributed by atoms with Crippen molar-refractivity contribution in [3.05, 3.63) is 0 Å². The zero-order chi connectivity index (χ0) is 19.9. The van der Waals surface area contributed by atoms with Crippen LogP contribution in [-0.2, 0) is 23.7 Å². The Morgan fingerprint density at radius 3 is 2.15 bits per heavy atom. The fourth-order valence-electron chi connectivity index (χ4n) is 3.51. The summed E-state index contributed by atoms with van der Waals surface area (Å²) in [7, 11) is 2.61. The summed E-state index contributed by atoms with van der Waals surface area (Å²) in [5.74, 6) is -0.159. The van der Waals surface area contributed by atoms with Gasteiger partial charge in [0.15, 0.2) is 12.6 Å². The Kier molecular flexibility index (Phi) is 6.63. The van der Waals surface area contributed by atoms with Gasteiger partial charge in [-0.25, -0.2) is 0 Å². The predicted molar refractivity (Wildman–Crippen MR) is 89.3 cm³/mol. The third-order valence-electron chi connectivity index (χ3n) is 5.05. The molecule has 0 bridgehead atoms. The number of carbonyl (C=O) groups is 1. The maximum atomic E-state index is 12.4. The molecule has 1 amide bonds. The minimum atomic E-state index is -1.51. The van der Waals surface area contributed by atoms with Crippen molar-refractivity contribution in [3.8, 4) is 0 Å². The first-order chi connectivity index (χ1) is 12.8. The number of aliphatic hydroxyl groups is 5. The molecule has 12 heteroatoms. The molecular formula is C15H25NO10S. The smallest absolute Gasteiger partial charge is 0.233 e. The predicted octanol–water partition coefficient (Wildman–Crippen LogP) is -3.56. The van der Waals surface area contributed by atoms with Crippen molar-refractivity contribution in [1.82, 2.24) is 4.90 Å². The number of thioether (sulfide) groups is 1. The van der Waals surface area contributed by atoms with Gasteiger partial charge < -0.3 is 49.4 Å². The summed E-state index contributed by atoms with van der Waals surface area (Å²) in [6.45, 7) is -0.123. The van der Waals surface area contributed by atoms with Crippen molar-refractivity contribution in [1.29, 1.82) is 0 Å². The van der Waals surface area contributed by atoms with Gasteiger partial charge in [0.2, 0.25) is 5.91 Å². The molecule has 0 aromatic carbocycles. The molecule has 3 heterocycles. The molecule has 0 aromatic heterocycles. The van der Waals surface area contributed by atoms with E-state index < -0.39 is 60.7 Å². The zero-order valence-corrected chi connectivity index (χ0v) is 15.6. The van der Waals surface area contributed by atoms with Gasteiger partial charge in [0.05, 0.1) is 12.3 Å². The molecule has 11 nitrogen and oxygen atoms in total. The third-order valence-corrected chi connectivity index (χ3v) is 6.33. The number of hydrogen-bond donors (Lipinski definition) is 5. The second-order valence-electron chi connectivity index (χ2n) is 6.68. The Hall–Kier alpha value is -0.540. The molecule has 10 atom stereocenters. The van der Waals surface area contributed by atoms with E-state index in [1.807, 2.05) is 0 Å². The van der Waals surface area contributed by atoms with Crippen LogP contribution in [0.4, 0.5) is 0 Å². The minimum absolute atomic E-state index is 0.118. The first-order valence-electron chi connectivity index (χ1n) is 8.48. The Morgan fingerprint density at radius 2 is 1.56 bits per heavy atom. The second-order valence-corrected chi connectivity index (χ2v) is 7.79. The highest BCUT2D eigenvalue weighted by molar-refractivity contribution is 8.01. The van der Waals surface area contributed by atoms with Crippen LogP contribution in [0.25, 0.3) is 0 Å². The van der Waals surface area contributed by atoms with Crippen LogP contribution in [0.5, 0.6) is 0 Å². The van der Waals surface area contributed by atoms with Crippen LogP contribution in [0.2, 0.25) is 0 Å². The maximum absolute atomic E-state index is 12.4. The van der Waals surface area contributed by atoms with Crippen LogP contribution >= 0.6 is 11.8 Å². The molecule has 0 aliphatic carbocycles. The number of ether oxygens (including phenoxy) is 4. The number of aliphatic hydroxyl groups excluding tert-OH is 5. The average Bonchev–Trinajstić information content (AvgIpc) is 3.15. The molecule has 3 rings (SSSR count). The van der Waals surface area contributed by atoms with Gasteiger partial charge in [-0.05, 0) is 0 Å². The van der Waals surface area contributed by atoms with Crippen molar-refractivity contribution in [2.45, 2.75) is 60.7 Å². The molecule has 3 fully saturated rings. The third kappa shape index (κ3) is 3.83. The summed E-state index contributed by atoms with van der Waals surface area (Å²) < 4.78 is 21.0. The largest absolute Gasteiger partial charge is 0.388 e. The number of nitrogens with zero attached hydrogens (tertiary/aromatic N) is 1. The SMILES string of the molecule is CO[C@H]1O[C@H](CN2C(=O)CS[C@@H]2C2O[C@@H](OC)[C@H](O)[C@@H]2O)[C@@H](O)[C@H](O)[C@H]1O. The van der Waals surface area contributed by atoms with E-state index in [2.05, 4.69) is 0 Å². The highest BCUT2D eigenvalue weighted by Gasteiger charge is 2.52. The topological polar surface area (TPSA) is 158 Å². The van der Waals surface area contributed by atoms with E-state index in [1.165, 1.54) is 30.9 Å². The fourth-order valence-corrected chi connectivity index (χ4v) is 4.79. The summed E-state index contributed by atoms with van der Waals surface area (Å²) in [6, 6.07) is 0. The van der Waals surface area contributed by atoms with Crippen LogP contribution in [0.3, 0.4) is 0 Å². The normalized spacial score (nSPS) is 48.4. The first kappa shape index (κ1) is 21.2. The Morgan fingerprint density at radius 1 is 0.963 bits per heavy atom. The fraction of sp³-hybridized carbons (Fsp3) is 0.933. The lowest BCUT2D eigenvalue weighted by Gasteiger charge is -2.42. The number of amides is 1. The molecule has 3 aliphatic heterocycles. The van der Waals surface area contributed by atoms with Gasteiger partial charge in [-0.2, -0.15) is 0 Å². The van der Waals surface area contributed by atoms with Gasteiger partial charge in [0.25, 0.3) is 0 Å². The van der Waals surface area contributed by atoms with E-state index >= 15 is 0 Å². The Balaban J connectivity index is 1.73. The van der Waals surface area contributed by atoms with Gasteiger partial charge in [-0.15, -0.1) is 11.8 Å². The minimum Gasteiger partial charge on any atom is -0.388 e. The van der Waals surface area contributed by atoms with Crippen LogP contribution in [0, 0.1) is 0 Å². The highest BCUT2D eigenvalue weighted by Crippen LogP contribution is 2.36. The van der Waals surface area contributed by atoms with E-state index in [1.54, 1.807) is 0 Å². The number of methoxy groups -OCH3 is 2. The number of rotatable bonds is 5. The van der Waals surface area contributed by atoms with Crippen LogP contribution in [-0.4, -0.2) is 124 Å². The molecular weight excluding hydrogens is 386 g/mol. The van der Waals surface area contributed by atoms with Crippen molar-refractivity contribution >= 4 is 17.7 Å². The van der Waals surface area contributed by atoms with Gasteiger partial charge >= 0.3 is 0 Å². The molecule has 1 unspecified atom stereocenters. The number of carbonyl (C=O) groups excluding carboxylic acids is 1. The quantitative estimate of drug-likeness (QED) is 0.305. The maximum Gasteiger partial charge on any atom is 0.233 e. The van der Waals surface area contributed by atoms with Gasteiger partial charge in [0, 0.05) is 14.2 Å². The molecule has 27 heavy (non-hydrogen) atoms. The van der Waals surface area contributed by atoms with E-state index in [0.717, 1.165) is 0 Å². The highest BCUT2D eigenvalue weighted by atomic mass is 32.2. The van der Waals surface area contributed by atoms with Gasteiger partial charge in [0.1, 0.15) is 48.1 Å². The average molecular weight is 411 g/mol. The lowest BCUT2D eigenvalue weighted by atomic mass is 9.98. The van der Waals surface area contributed by atoms with E-state index in [-0.39, 0.29) is 18.2 Å². The molecule has 0 spiro atoms. The monoisotopic (exact) mass is 411 g/mol. The zero-order valence-electron chi connectivity index (χ0n) is 14.8. The van der Waals surface area contributed by atoms with Crippen molar-refractivity contribution in [2.75, 3.05) is 26.5 Å². The standard InChI is InChI=1S/C15H25NO10S/c1-23-14-10(21)8(19)7(18)5(25-14)3-16-6(17)4-27-13(16)12-9(20)11(22)15(24-2)26-12/h5,7-15,18-22H,3-4H2,1-2H3/t5-,7-,8+,9+,10-,11-,12?,13-,14+,15-/m1/s1. The molecule has 5 N–H and O–H groups in total. The number of hydrogen-bond acceptors (Lipinski definition) is 11. The lowest BCUT2D eigenvalue weighted by Crippen LogP contribution is -2.61. The van der Waals surface area contributed by atoms with Crippen LogP contribution < -0.4 is 0 Å². The van der Waals surface area contributed by atoms with E-state index in [4.69, 9.17) is 18.9 Å². The molecule has 0 aromatic rings. The van der Waals surface area contributed by atoms with Crippen molar-refractivity contribution < 1.29 is 49.3 Å². The molecule has 0 saturated carbocycles. The molecule has 3 aliphatic rings. The van der Waals surface area contributed by atoms with Crippen molar-refractivity contribution in [2.24, 2.45) is 0 Å². The van der Waals surface area contributed by atoms with E-state index in [9.17, 15) is 30.3 Å². The molecule has 156 valence electrons. The first-order valence-corrected chi connectivity index (χ1v) is 9.53. The van der Waals surface area contributed by atoms with Crippen LogP contribution in [0.1, 0.15) is 0 Å². The molecule has 3 saturated heterocycles. The summed E-state index contributed by atoms with van der Waals surface area (Å²) in [6.07, 6.45) is -11.0. The molecule has 0 radical (unpaired) electrons. The van der Waals surface area contributed by atoms with Crippen LogP contribution in [0.15, 0.2) is 0 Å². The lowest BCUT2D eigenvalue weighted by molar-refractivity contribution is -0.291. The van der Waals surface area contributed by atoms with E-state index in [0.29, 0.717) is 0 Å². The summed E-state index contributed by atoms with van der Waals surface area (Å²) >= 11 is 1.22. The van der Waals surface area contributed by atoms with Gasteiger partial charge in [-0.3, -0.25) is 4.79 Å².